The average Bonchev–Trinajstić information content (AvgIpc) is 2.52. The molecular formula is C16H12F3NO4S. The summed E-state index contributed by atoms with van der Waals surface area (Å²) in [6.45, 7) is 0. The van der Waals surface area contributed by atoms with Crippen LogP contribution in [0.1, 0.15) is 11.1 Å². The molecule has 0 saturated heterocycles. The third-order valence-corrected chi connectivity index (χ3v) is 4.41. The molecule has 0 aliphatic rings. The van der Waals surface area contributed by atoms with Crippen LogP contribution in [0.5, 0.6) is 0 Å². The van der Waals surface area contributed by atoms with Crippen LogP contribution in [0.2, 0.25) is 0 Å². The van der Waals surface area contributed by atoms with Gasteiger partial charge < -0.3 is 5.11 Å². The van der Waals surface area contributed by atoms with Gasteiger partial charge in [0.1, 0.15) is 0 Å². The van der Waals surface area contributed by atoms with Gasteiger partial charge in [0.2, 0.25) is 0 Å². The lowest BCUT2D eigenvalue weighted by atomic mass is 10.2. The molecule has 0 heterocycles. The van der Waals surface area contributed by atoms with Crippen molar-refractivity contribution in [3.8, 4) is 0 Å². The van der Waals surface area contributed by atoms with Gasteiger partial charge in [0.05, 0.1) is 10.5 Å². The molecule has 132 valence electrons. The topological polar surface area (TPSA) is 83.5 Å². The maximum Gasteiger partial charge on any atom is 0.416 e. The maximum atomic E-state index is 12.7. The summed E-state index contributed by atoms with van der Waals surface area (Å²) in [5, 5.41) is 8.58. The molecule has 0 radical (unpaired) electrons. The Morgan fingerprint density at radius 2 is 1.76 bits per heavy atom. The summed E-state index contributed by atoms with van der Waals surface area (Å²) in [5.41, 5.74) is -0.901. The molecule has 0 aliphatic heterocycles. The third kappa shape index (κ3) is 5.08. The molecule has 2 aromatic rings. The highest BCUT2D eigenvalue weighted by atomic mass is 32.2. The van der Waals surface area contributed by atoms with Gasteiger partial charge in [-0.05, 0) is 42.0 Å². The van der Waals surface area contributed by atoms with Crippen LogP contribution in [-0.2, 0) is 21.0 Å². The Balaban J connectivity index is 2.31. The Labute approximate surface area is 141 Å². The first-order valence-corrected chi connectivity index (χ1v) is 8.27. The van der Waals surface area contributed by atoms with Gasteiger partial charge in [0, 0.05) is 11.8 Å². The average molecular weight is 371 g/mol. The summed E-state index contributed by atoms with van der Waals surface area (Å²) >= 11 is 0. The van der Waals surface area contributed by atoms with Crippen molar-refractivity contribution in [3.63, 3.8) is 0 Å². The van der Waals surface area contributed by atoms with Crippen LogP contribution < -0.4 is 4.72 Å². The highest BCUT2D eigenvalue weighted by Gasteiger charge is 2.30. The second kappa shape index (κ2) is 6.98. The zero-order valence-electron chi connectivity index (χ0n) is 12.5. The number of hydrogen-bond acceptors (Lipinski definition) is 3. The van der Waals surface area contributed by atoms with E-state index >= 15 is 0 Å². The fourth-order valence-corrected chi connectivity index (χ4v) is 3.03. The molecule has 2 N–H and O–H groups in total. The predicted molar refractivity (Wildman–Crippen MR) is 85.4 cm³/mol. The molecule has 25 heavy (non-hydrogen) atoms. The quantitative estimate of drug-likeness (QED) is 0.787. The number of benzene rings is 2. The Morgan fingerprint density at radius 3 is 2.40 bits per heavy atom. The number of carbonyl (C=O) groups is 1. The number of carboxylic acids is 1. The summed E-state index contributed by atoms with van der Waals surface area (Å²) in [6, 6.07) is 9.13. The zero-order valence-corrected chi connectivity index (χ0v) is 13.3. The first-order chi connectivity index (χ1) is 11.6. The van der Waals surface area contributed by atoms with E-state index in [4.69, 9.17) is 5.11 Å². The van der Waals surface area contributed by atoms with Crippen LogP contribution in [0.4, 0.5) is 18.9 Å². The first-order valence-electron chi connectivity index (χ1n) is 6.79. The largest absolute Gasteiger partial charge is 0.478 e. The Kier molecular flexibility index (Phi) is 5.17. The Bertz CT molecular complexity index is 921. The first kappa shape index (κ1) is 18.5. The second-order valence-corrected chi connectivity index (χ2v) is 6.61. The molecule has 0 aromatic heterocycles. The molecule has 0 unspecified atom stereocenters. The minimum Gasteiger partial charge on any atom is -0.478 e. The fourth-order valence-electron chi connectivity index (χ4n) is 1.93. The van der Waals surface area contributed by atoms with Crippen LogP contribution in [0, 0.1) is 0 Å². The highest BCUT2D eigenvalue weighted by molar-refractivity contribution is 7.92. The van der Waals surface area contributed by atoms with Gasteiger partial charge >= 0.3 is 12.1 Å². The maximum absolute atomic E-state index is 12.7. The number of halogens is 3. The van der Waals surface area contributed by atoms with Gasteiger partial charge in [-0.3, -0.25) is 4.72 Å². The predicted octanol–water partition coefficient (Wildman–Crippen LogP) is 3.60. The highest BCUT2D eigenvalue weighted by Crippen LogP contribution is 2.31. The van der Waals surface area contributed by atoms with Crippen molar-refractivity contribution in [2.45, 2.75) is 11.1 Å². The number of anilines is 1. The minimum absolute atomic E-state index is 0.211. The van der Waals surface area contributed by atoms with E-state index < -0.39 is 27.7 Å². The molecule has 0 atom stereocenters. The lowest BCUT2D eigenvalue weighted by Crippen LogP contribution is -2.14. The summed E-state index contributed by atoms with van der Waals surface area (Å²) < 4.78 is 64.8. The Hall–Kier alpha value is -2.81. The van der Waals surface area contributed by atoms with E-state index in [2.05, 4.69) is 4.72 Å². The van der Waals surface area contributed by atoms with Crippen molar-refractivity contribution in [3.05, 3.63) is 65.7 Å². The summed E-state index contributed by atoms with van der Waals surface area (Å²) in [4.78, 5) is 10.3. The standard InChI is InChI=1S/C16H12F3NO4S/c17-16(18,19)12-4-2-5-13(10-12)20-25(23,24)14-6-1-3-11(9-14)7-8-15(21)22/h1-10,20H,(H,21,22)/b8-7+. The molecule has 0 saturated carbocycles. The molecule has 0 amide bonds. The van der Waals surface area contributed by atoms with Gasteiger partial charge in [-0.25, -0.2) is 13.2 Å². The SMILES string of the molecule is O=C(O)/C=C/c1cccc(S(=O)(=O)Nc2cccc(C(F)(F)F)c2)c1. The number of carboxylic acid groups (broad SMARTS) is 1. The van der Waals surface area contributed by atoms with Crippen LogP contribution in [-0.4, -0.2) is 19.5 Å². The second-order valence-electron chi connectivity index (χ2n) is 4.93. The summed E-state index contributed by atoms with van der Waals surface area (Å²) in [5.74, 6) is -1.20. The van der Waals surface area contributed by atoms with Crippen molar-refractivity contribution in [1.82, 2.24) is 0 Å². The van der Waals surface area contributed by atoms with Gasteiger partial charge in [0.25, 0.3) is 10.0 Å². The van der Waals surface area contributed by atoms with Gasteiger partial charge in [-0.1, -0.05) is 18.2 Å². The Morgan fingerprint density at radius 1 is 1.08 bits per heavy atom. The van der Waals surface area contributed by atoms with E-state index in [0.717, 1.165) is 18.2 Å². The van der Waals surface area contributed by atoms with Crippen LogP contribution in [0.3, 0.4) is 0 Å². The van der Waals surface area contributed by atoms with Crippen molar-refractivity contribution in [2.75, 3.05) is 4.72 Å². The molecule has 9 heteroatoms. The molecular weight excluding hydrogens is 359 g/mol. The third-order valence-electron chi connectivity index (χ3n) is 3.03. The number of alkyl halides is 3. The monoisotopic (exact) mass is 371 g/mol. The van der Waals surface area contributed by atoms with Crippen molar-refractivity contribution in [2.24, 2.45) is 0 Å². The molecule has 0 aliphatic carbocycles. The molecule has 0 bridgehead atoms. The smallest absolute Gasteiger partial charge is 0.416 e. The van der Waals surface area contributed by atoms with Crippen molar-refractivity contribution >= 4 is 27.8 Å². The van der Waals surface area contributed by atoms with Gasteiger partial charge in [-0.2, -0.15) is 13.2 Å². The van der Waals surface area contributed by atoms with Gasteiger partial charge in [-0.15, -0.1) is 0 Å². The van der Waals surface area contributed by atoms with E-state index in [1.165, 1.54) is 36.4 Å². The van der Waals surface area contributed by atoms with E-state index in [9.17, 15) is 26.4 Å². The lowest BCUT2D eigenvalue weighted by Gasteiger charge is -2.11. The molecule has 2 aromatic carbocycles. The number of aliphatic carboxylic acids is 1. The molecule has 5 nitrogen and oxygen atoms in total. The number of nitrogens with one attached hydrogen (secondary N) is 1. The van der Waals surface area contributed by atoms with Crippen LogP contribution >= 0.6 is 0 Å². The molecule has 2 rings (SSSR count). The van der Waals surface area contributed by atoms with E-state index in [0.29, 0.717) is 11.6 Å². The number of hydrogen-bond donors (Lipinski definition) is 2. The minimum atomic E-state index is -4.59. The normalized spacial score (nSPS) is 12.3. The number of sulfonamides is 1. The van der Waals surface area contributed by atoms with Crippen LogP contribution in [0.15, 0.2) is 59.5 Å². The van der Waals surface area contributed by atoms with Crippen molar-refractivity contribution in [1.29, 1.82) is 0 Å². The lowest BCUT2D eigenvalue weighted by molar-refractivity contribution is -0.137. The van der Waals surface area contributed by atoms with E-state index in [1.807, 2.05) is 0 Å². The zero-order chi connectivity index (χ0) is 18.7. The van der Waals surface area contributed by atoms with E-state index in [-0.39, 0.29) is 10.6 Å². The molecule has 0 spiro atoms. The number of rotatable bonds is 5. The summed E-state index contributed by atoms with van der Waals surface area (Å²) in [6.07, 6.45) is -2.55. The fraction of sp³-hybridized carbons (Fsp3) is 0.0625. The molecule has 0 fully saturated rings. The van der Waals surface area contributed by atoms with Crippen LogP contribution in [0.25, 0.3) is 6.08 Å². The van der Waals surface area contributed by atoms with Crippen molar-refractivity contribution < 1.29 is 31.5 Å². The summed E-state index contributed by atoms with van der Waals surface area (Å²) in [7, 11) is -4.14. The van der Waals surface area contributed by atoms with E-state index in [1.54, 1.807) is 0 Å². The van der Waals surface area contributed by atoms with Gasteiger partial charge in [0.15, 0.2) is 0 Å².